The number of thioether (sulfide) groups is 1. The third kappa shape index (κ3) is 5.94. The fourth-order valence-electron chi connectivity index (χ4n) is 2.06. The van der Waals surface area contributed by atoms with Gasteiger partial charge in [0.1, 0.15) is 11.6 Å². The zero-order valence-electron chi connectivity index (χ0n) is 13.0. The summed E-state index contributed by atoms with van der Waals surface area (Å²) in [5.41, 5.74) is 0.625. The molecule has 2 aromatic rings. The Morgan fingerprint density at radius 1 is 1.17 bits per heavy atom. The van der Waals surface area contributed by atoms with E-state index in [2.05, 4.69) is 5.32 Å². The van der Waals surface area contributed by atoms with Crippen molar-refractivity contribution in [2.75, 3.05) is 19.4 Å². The van der Waals surface area contributed by atoms with Crippen molar-refractivity contribution in [3.8, 4) is 5.75 Å². The molecule has 1 N–H and O–H groups in total. The first-order chi connectivity index (χ1) is 11.2. The molecule has 0 aromatic heterocycles. The zero-order valence-corrected chi connectivity index (χ0v) is 13.9. The van der Waals surface area contributed by atoms with Crippen molar-refractivity contribution in [2.24, 2.45) is 0 Å². The molecule has 1 amide bonds. The molecule has 0 heterocycles. The molecule has 0 radical (unpaired) electrons. The van der Waals surface area contributed by atoms with Crippen molar-refractivity contribution in [1.82, 2.24) is 5.32 Å². The van der Waals surface area contributed by atoms with Gasteiger partial charge in [-0.2, -0.15) is 0 Å². The highest BCUT2D eigenvalue weighted by Gasteiger charge is 2.04. The largest absolute Gasteiger partial charge is 0.497 e. The molecule has 0 spiro atoms. The standard InChI is InChI=1S/C18H20FNO2S/c1-22-15-6-8-16(9-7-15)23-13-11-18(21)20-12-10-14-4-2-3-5-17(14)19/h2-9H,10-13H2,1H3,(H,20,21). The molecule has 122 valence electrons. The van der Waals surface area contributed by atoms with Crippen LogP contribution in [-0.2, 0) is 11.2 Å². The van der Waals surface area contributed by atoms with Crippen LogP contribution in [0.25, 0.3) is 0 Å². The summed E-state index contributed by atoms with van der Waals surface area (Å²) in [6.45, 7) is 0.451. The number of hydrogen-bond donors (Lipinski definition) is 1. The topological polar surface area (TPSA) is 38.3 Å². The molecule has 0 aliphatic carbocycles. The van der Waals surface area contributed by atoms with Crippen molar-refractivity contribution in [2.45, 2.75) is 17.7 Å². The Balaban J connectivity index is 1.64. The van der Waals surface area contributed by atoms with Gasteiger partial charge in [-0.25, -0.2) is 4.39 Å². The Hall–Kier alpha value is -2.01. The predicted molar refractivity (Wildman–Crippen MR) is 91.4 cm³/mol. The third-order valence-electron chi connectivity index (χ3n) is 3.33. The van der Waals surface area contributed by atoms with Gasteiger partial charge < -0.3 is 10.1 Å². The second-order valence-corrected chi connectivity index (χ2v) is 6.13. The molecule has 0 fully saturated rings. The molecular formula is C18H20FNO2S. The molecule has 5 heteroatoms. The van der Waals surface area contributed by atoms with Crippen molar-refractivity contribution in [3.63, 3.8) is 0 Å². The van der Waals surface area contributed by atoms with E-state index in [0.29, 0.717) is 30.7 Å². The van der Waals surface area contributed by atoms with Crippen LogP contribution in [0.15, 0.2) is 53.4 Å². The first-order valence-corrected chi connectivity index (χ1v) is 8.44. The van der Waals surface area contributed by atoms with Crippen LogP contribution in [0, 0.1) is 5.82 Å². The highest BCUT2D eigenvalue weighted by Crippen LogP contribution is 2.21. The van der Waals surface area contributed by atoms with Gasteiger partial charge in [0.2, 0.25) is 5.91 Å². The maximum atomic E-state index is 13.4. The zero-order chi connectivity index (χ0) is 16.5. The van der Waals surface area contributed by atoms with Gasteiger partial charge >= 0.3 is 0 Å². The number of carbonyl (C=O) groups excluding carboxylic acids is 1. The number of ether oxygens (including phenoxy) is 1. The molecule has 3 nitrogen and oxygen atoms in total. The van der Waals surface area contributed by atoms with E-state index in [1.54, 1.807) is 37.1 Å². The van der Waals surface area contributed by atoms with Gasteiger partial charge in [0, 0.05) is 23.6 Å². The summed E-state index contributed by atoms with van der Waals surface area (Å²) in [6.07, 6.45) is 0.942. The van der Waals surface area contributed by atoms with E-state index in [9.17, 15) is 9.18 Å². The average Bonchev–Trinajstić information content (AvgIpc) is 2.57. The number of benzene rings is 2. The van der Waals surface area contributed by atoms with Crippen molar-refractivity contribution >= 4 is 17.7 Å². The second-order valence-electron chi connectivity index (χ2n) is 4.97. The second kappa shape index (κ2) is 9.20. The third-order valence-corrected chi connectivity index (χ3v) is 4.35. The first-order valence-electron chi connectivity index (χ1n) is 7.46. The van der Waals surface area contributed by atoms with E-state index in [-0.39, 0.29) is 11.7 Å². The van der Waals surface area contributed by atoms with Crippen LogP contribution in [0.2, 0.25) is 0 Å². The number of carbonyl (C=O) groups is 1. The number of amides is 1. The normalized spacial score (nSPS) is 10.3. The lowest BCUT2D eigenvalue weighted by atomic mass is 10.1. The van der Waals surface area contributed by atoms with Crippen LogP contribution in [0.5, 0.6) is 5.75 Å². The SMILES string of the molecule is COc1ccc(SCCC(=O)NCCc2ccccc2F)cc1. The molecule has 23 heavy (non-hydrogen) atoms. The Kier molecular flexibility index (Phi) is 6.94. The van der Waals surface area contributed by atoms with E-state index < -0.39 is 0 Å². The van der Waals surface area contributed by atoms with Gasteiger partial charge in [-0.15, -0.1) is 11.8 Å². The summed E-state index contributed by atoms with van der Waals surface area (Å²) in [6, 6.07) is 14.4. The molecule has 0 unspecified atom stereocenters. The molecule has 0 bridgehead atoms. The van der Waals surface area contributed by atoms with Gasteiger partial charge in [0.15, 0.2) is 0 Å². The monoisotopic (exact) mass is 333 g/mol. The fraction of sp³-hybridized carbons (Fsp3) is 0.278. The number of halogens is 1. The van der Waals surface area contributed by atoms with Crippen molar-refractivity contribution < 1.29 is 13.9 Å². The molecular weight excluding hydrogens is 313 g/mol. The number of methoxy groups -OCH3 is 1. The van der Waals surface area contributed by atoms with E-state index in [0.717, 1.165) is 10.6 Å². The molecule has 0 saturated carbocycles. The molecule has 2 rings (SSSR count). The number of nitrogens with one attached hydrogen (secondary N) is 1. The minimum Gasteiger partial charge on any atom is -0.497 e. The highest BCUT2D eigenvalue weighted by atomic mass is 32.2. The van der Waals surface area contributed by atoms with E-state index in [1.165, 1.54) is 6.07 Å². The molecule has 0 saturated heterocycles. The molecule has 2 aromatic carbocycles. The Labute approximate surface area is 140 Å². The minimum absolute atomic E-state index is 0.0117. The van der Waals surface area contributed by atoms with Crippen LogP contribution in [-0.4, -0.2) is 25.3 Å². The summed E-state index contributed by atoms with van der Waals surface area (Å²) in [5.74, 6) is 1.29. The van der Waals surface area contributed by atoms with Gasteiger partial charge in [0.05, 0.1) is 7.11 Å². The fourth-order valence-corrected chi connectivity index (χ4v) is 2.91. The number of hydrogen-bond acceptors (Lipinski definition) is 3. The van der Waals surface area contributed by atoms with Crippen LogP contribution in [0.4, 0.5) is 4.39 Å². The molecule has 0 aliphatic rings. The van der Waals surface area contributed by atoms with Gasteiger partial charge in [0.25, 0.3) is 0 Å². The van der Waals surface area contributed by atoms with Crippen LogP contribution in [0.1, 0.15) is 12.0 Å². The number of rotatable bonds is 8. The molecule has 0 aliphatic heterocycles. The van der Waals surface area contributed by atoms with Crippen molar-refractivity contribution in [3.05, 3.63) is 59.9 Å². The van der Waals surface area contributed by atoms with Gasteiger partial charge in [-0.1, -0.05) is 18.2 Å². The lowest BCUT2D eigenvalue weighted by molar-refractivity contribution is -0.120. The quantitative estimate of drug-likeness (QED) is 0.749. The summed E-state index contributed by atoms with van der Waals surface area (Å²) < 4.78 is 18.5. The average molecular weight is 333 g/mol. The maximum absolute atomic E-state index is 13.4. The Morgan fingerprint density at radius 2 is 1.91 bits per heavy atom. The van der Waals surface area contributed by atoms with Crippen LogP contribution >= 0.6 is 11.8 Å². The van der Waals surface area contributed by atoms with Crippen molar-refractivity contribution in [1.29, 1.82) is 0 Å². The van der Waals surface area contributed by atoms with Crippen LogP contribution < -0.4 is 10.1 Å². The Morgan fingerprint density at radius 3 is 2.61 bits per heavy atom. The lowest BCUT2D eigenvalue weighted by Gasteiger charge is -2.06. The van der Waals surface area contributed by atoms with Crippen LogP contribution in [0.3, 0.4) is 0 Å². The first kappa shape index (κ1) is 17.3. The summed E-state index contributed by atoms with van der Waals surface area (Å²) in [7, 11) is 1.63. The summed E-state index contributed by atoms with van der Waals surface area (Å²) >= 11 is 1.62. The lowest BCUT2D eigenvalue weighted by Crippen LogP contribution is -2.26. The molecule has 0 atom stereocenters. The van der Waals surface area contributed by atoms with Gasteiger partial charge in [-0.3, -0.25) is 4.79 Å². The highest BCUT2D eigenvalue weighted by molar-refractivity contribution is 7.99. The Bertz CT molecular complexity index is 631. The maximum Gasteiger partial charge on any atom is 0.220 e. The van der Waals surface area contributed by atoms with E-state index >= 15 is 0 Å². The summed E-state index contributed by atoms with van der Waals surface area (Å²) in [5, 5.41) is 2.82. The van der Waals surface area contributed by atoms with Gasteiger partial charge in [-0.05, 0) is 42.3 Å². The predicted octanol–water partition coefficient (Wildman–Crippen LogP) is 3.68. The van der Waals surface area contributed by atoms with E-state index in [1.807, 2.05) is 24.3 Å². The minimum atomic E-state index is -0.225. The summed E-state index contributed by atoms with van der Waals surface area (Å²) in [4.78, 5) is 12.9. The van der Waals surface area contributed by atoms with E-state index in [4.69, 9.17) is 4.74 Å². The smallest absolute Gasteiger partial charge is 0.220 e.